The molecule has 0 saturated carbocycles. The predicted octanol–water partition coefficient (Wildman–Crippen LogP) is 19.1. The molecular weight excluding hydrogens is 2110 g/mol. The van der Waals surface area contributed by atoms with Gasteiger partial charge in [-0.15, -0.1) is 21.5 Å². The summed E-state index contributed by atoms with van der Waals surface area (Å²) >= 11 is 18.5. The zero-order chi connectivity index (χ0) is 103. The molecule has 149 heavy (non-hydrogen) atoms. The van der Waals surface area contributed by atoms with Crippen molar-refractivity contribution in [2.24, 2.45) is 0 Å². The van der Waals surface area contributed by atoms with Gasteiger partial charge in [-0.2, -0.15) is 21.9 Å². The van der Waals surface area contributed by atoms with Crippen LogP contribution in [-0.2, 0) is 79.7 Å². The number of piperidine rings is 2. The number of piperazine rings is 2. The molecular formula is C102H116Cl2F3N21O13S8. The highest BCUT2D eigenvalue weighted by atomic mass is 35.5. The third-order valence-electron chi connectivity index (χ3n) is 26.5. The Hall–Kier alpha value is -13.5. The molecule has 0 bridgehead atoms. The lowest BCUT2D eigenvalue weighted by atomic mass is 9.89. The van der Waals surface area contributed by atoms with Gasteiger partial charge in [-0.25, -0.2) is 40.2 Å². The van der Waals surface area contributed by atoms with Gasteiger partial charge >= 0.3 is 6.18 Å². The summed E-state index contributed by atoms with van der Waals surface area (Å²) in [7, 11) is -11.2. The molecule has 790 valence electrons. The second kappa shape index (κ2) is 48.0. The summed E-state index contributed by atoms with van der Waals surface area (Å²) in [5, 5.41) is 16.9. The average Bonchev–Trinajstić information content (AvgIpc) is 1.70. The third kappa shape index (κ3) is 26.3. The molecule has 9 aromatic carbocycles. The van der Waals surface area contributed by atoms with Crippen molar-refractivity contribution in [2.75, 3.05) is 112 Å². The minimum absolute atomic E-state index is 0. The average molecular weight is 2230 g/mol. The van der Waals surface area contributed by atoms with E-state index in [0.29, 0.717) is 72.2 Å². The number of anilines is 7. The normalized spacial score (nSPS) is 15.2. The molecule has 0 radical (unpaired) electrons. The number of thiazole rings is 1. The third-order valence-corrected chi connectivity index (χ3v) is 35.0. The van der Waals surface area contributed by atoms with E-state index in [4.69, 9.17) is 23.2 Å². The molecule has 0 aliphatic carbocycles. The van der Waals surface area contributed by atoms with Gasteiger partial charge in [0.25, 0.3) is 30.1 Å². The molecule has 21 rings (SSSR count). The first-order chi connectivity index (χ1) is 70.9. The van der Waals surface area contributed by atoms with Crippen LogP contribution >= 0.6 is 80.9 Å². The van der Waals surface area contributed by atoms with Crippen molar-refractivity contribution in [2.45, 2.75) is 122 Å². The van der Waals surface area contributed by atoms with Crippen LogP contribution in [0.15, 0.2) is 287 Å². The molecule has 5 amide bonds. The van der Waals surface area contributed by atoms with E-state index in [-0.39, 0.29) is 112 Å². The first kappa shape index (κ1) is 108. The van der Waals surface area contributed by atoms with Crippen molar-refractivity contribution >= 4 is 211 Å². The number of nitrogens with zero attached hydrogens (tertiary/aromatic N) is 17. The highest BCUT2D eigenvalue weighted by Crippen LogP contribution is 2.39. The zero-order valence-electron chi connectivity index (χ0n) is 80.3. The summed E-state index contributed by atoms with van der Waals surface area (Å²) in [5.41, 5.74) is 8.88. The van der Waals surface area contributed by atoms with E-state index in [1.54, 1.807) is 41.9 Å². The van der Waals surface area contributed by atoms with Gasteiger partial charge in [0.1, 0.15) is 42.8 Å². The smallest absolute Gasteiger partial charge is 0.412 e. The second-order valence-electron chi connectivity index (χ2n) is 35.6. The van der Waals surface area contributed by atoms with Crippen LogP contribution in [0.3, 0.4) is 0 Å². The summed E-state index contributed by atoms with van der Waals surface area (Å²) in [4.78, 5) is 91.6. The van der Waals surface area contributed by atoms with E-state index in [0.717, 1.165) is 171 Å². The Morgan fingerprint density at radius 2 is 1.07 bits per heavy atom. The summed E-state index contributed by atoms with van der Waals surface area (Å²) in [6.07, 6.45) is 11.0. The van der Waals surface area contributed by atoms with Crippen molar-refractivity contribution in [3.63, 3.8) is 0 Å². The van der Waals surface area contributed by atoms with Crippen LogP contribution in [0.25, 0.3) is 43.3 Å². The van der Waals surface area contributed by atoms with Crippen molar-refractivity contribution in [1.29, 1.82) is 0 Å². The molecule has 4 saturated heterocycles. The van der Waals surface area contributed by atoms with Crippen LogP contribution in [0, 0.1) is 0 Å². The monoisotopic (exact) mass is 2230 g/mol. The van der Waals surface area contributed by atoms with E-state index in [2.05, 4.69) is 104 Å². The minimum atomic E-state index is -4.51. The number of carbonyl (C=O) groups is 5. The van der Waals surface area contributed by atoms with Gasteiger partial charge < -0.3 is 63.7 Å². The van der Waals surface area contributed by atoms with Crippen LogP contribution in [0.5, 0.6) is 0 Å². The maximum atomic E-state index is 13.5. The fourth-order valence-corrected chi connectivity index (χ4v) is 25.5. The molecule has 8 N–H and O–H groups in total. The van der Waals surface area contributed by atoms with Gasteiger partial charge in [-0.3, -0.25) is 38.1 Å². The number of nitrogens with one attached hydrogen (secondary N) is 4. The van der Waals surface area contributed by atoms with E-state index in [1.807, 2.05) is 161 Å². The van der Waals surface area contributed by atoms with Crippen LogP contribution in [0.4, 0.5) is 50.8 Å². The molecule has 4 fully saturated rings. The molecule has 16 aromatic rings. The molecule has 47 heteroatoms. The van der Waals surface area contributed by atoms with Crippen LogP contribution in [0.1, 0.15) is 101 Å². The number of hydrogen-bond donors (Lipinski definition) is 4. The molecule has 0 spiro atoms. The van der Waals surface area contributed by atoms with Crippen LogP contribution < -0.4 is 33.6 Å². The SMILES string of the molecule is C[C@H](C(=O)N1CCC(c2ccc(S(=O)(=O)Nc3ncns3)cc2)CC1)n1ccc2ccccc21.C[C@H](C(=O)N1CCN(c2ccc(SNc3nnc(-c4ccccc4)s3)cc2)CC1)N1CCCc2cc(Cl)ccc21.O.O.O=C(CCn1ccc2cc(Cl)ccc21)N1CCC(c2ccc(S(=O)(=O)Nc3nccs3)cc2)CC1.O=C(Cn1ccc2ccc(C(F)(F)F)cc21)N1CCN(c2ccc(S(=O)(=O)Nc3ncns3)cc2)C(=O)C1.[HH].[HH].[HH].[HH].[HH].[HH]. The Kier molecular flexibility index (Phi) is 34.9. The fourth-order valence-electron chi connectivity index (χ4n) is 18.6. The summed E-state index contributed by atoms with van der Waals surface area (Å²) < 4.78 is 138. The lowest BCUT2D eigenvalue weighted by Crippen LogP contribution is -2.55. The Morgan fingerprint density at radius 3 is 1.68 bits per heavy atom. The van der Waals surface area contributed by atoms with Gasteiger partial charge in [0.15, 0.2) is 5.13 Å². The molecule has 5 aliphatic rings. The van der Waals surface area contributed by atoms with E-state index >= 15 is 0 Å². The van der Waals surface area contributed by atoms with Gasteiger partial charge in [-0.05, 0) is 249 Å². The molecule has 2 atom stereocenters. The number of amides is 5. The lowest BCUT2D eigenvalue weighted by Gasteiger charge is -2.41. The quantitative estimate of drug-likeness (QED) is 0.0366. The van der Waals surface area contributed by atoms with Crippen molar-refractivity contribution in [1.82, 2.24) is 67.2 Å². The molecule has 0 unspecified atom stereocenters. The first-order valence-electron chi connectivity index (χ1n) is 47.3. The number of aryl methyl sites for hydroxylation is 2. The number of aromatic nitrogens is 10. The Labute approximate surface area is 897 Å². The van der Waals surface area contributed by atoms with E-state index < -0.39 is 47.7 Å². The largest absolute Gasteiger partial charge is 0.416 e. The van der Waals surface area contributed by atoms with E-state index in [9.17, 15) is 62.4 Å². The number of benzene rings is 9. The number of para-hydroxylation sites is 1. The number of likely N-dealkylation sites (tertiary alicyclic amines) is 2. The number of fused-ring (bicyclic) bond motifs is 4. The second-order valence-corrected chi connectivity index (χ2v) is 45.8. The molecule has 5 aliphatic heterocycles. The summed E-state index contributed by atoms with van der Waals surface area (Å²) in [6.45, 7) is 11.3. The van der Waals surface area contributed by atoms with Crippen molar-refractivity contribution in [3.8, 4) is 10.6 Å². The first-order valence-corrected chi connectivity index (χ1v) is 56.6. The maximum absolute atomic E-state index is 13.5. The highest BCUT2D eigenvalue weighted by molar-refractivity contribution is 8.00. The minimum Gasteiger partial charge on any atom is -0.412 e. The van der Waals surface area contributed by atoms with Crippen molar-refractivity contribution in [3.05, 3.63) is 300 Å². The fraction of sp³-hybridized carbons (Fsp3) is 0.275. The zero-order valence-corrected chi connectivity index (χ0v) is 88.4. The number of halogens is 5. The molecule has 12 heterocycles. The van der Waals surface area contributed by atoms with Gasteiger partial charge in [0, 0.05) is 206 Å². The van der Waals surface area contributed by atoms with Crippen molar-refractivity contribution < 1.29 is 81.9 Å². The lowest BCUT2D eigenvalue weighted by molar-refractivity contribution is -0.137. The summed E-state index contributed by atoms with van der Waals surface area (Å²) in [6, 6.07) is 66.8. The Bertz CT molecular complexity index is 7740. The molecule has 34 nitrogen and oxygen atoms in total. The van der Waals surface area contributed by atoms with E-state index in [1.165, 1.54) is 109 Å². The van der Waals surface area contributed by atoms with Crippen LogP contribution in [-0.4, -0.2) is 218 Å². The van der Waals surface area contributed by atoms with Gasteiger partial charge in [0.05, 0.1) is 20.2 Å². The highest BCUT2D eigenvalue weighted by Gasteiger charge is 2.37. The van der Waals surface area contributed by atoms with Gasteiger partial charge in [-0.1, -0.05) is 113 Å². The van der Waals surface area contributed by atoms with Gasteiger partial charge in [0.2, 0.25) is 44.9 Å². The van der Waals surface area contributed by atoms with Crippen LogP contribution in [0.2, 0.25) is 10.0 Å². The number of hydrogen-bond acceptors (Lipinski definition) is 26. The molecule has 7 aromatic heterocycles. The number of alkyl halides is 3. The predicted molar refractivity (Wildman–Crippen MR) is 591 cm³/mol. The standard InChI is InChI=1S/C30H31ClN6OS2.C25H25ClN4O3S2.C24H25N5O3S2.C23H19F3N6O4S2.2H2O.6H2/c1-21(37-15-5-8-23-20-24(31)9-14-27(23)37)29(38)36-18-16-35(17-19-36)25-10-12-26(13-11-25)40-34-30-33-32-28(39-30)22-6-3-2-4-7-22;26-21-3-6-23-20(17-21)9-12-29(23)15-10-24(31)30-13-7-19(8-14-30)18-1-4-22(5-2-18)35(32,33)28-25-27-11-16-34-25;1-17(29-15-12-20-4-2-3-5-22(20)29)23(30)28-13-10-19(11-14-28)18-6-8-21(9-7-18)34(31,32)27-24-25-16-26-33-24;24-23(25,26)16-2-1-15-7-8-30(19(15)11-16)12-20(33)31-9-10-32(21(34)13-31)17-3-5-18(6-4-17)38(35,36)29-22-27-14-28-37-22;;;;;;;;/h2-4,6-7,9-14,20-21H,5,8,15-19H2,1H3,(H,33,34);1-6,9,11-12,16-17,19H,7-8,10,13-15H2,(H,27,28);2-9,12,15-17,19H,10-11,13-14H2,1H3,(H,25,26,27);1-8,11,14H,9-10,12-13H2,(H,27,28,29);2*1H2;6*1H/t21-;;17-;;;;;;;;;/m1.1........./s1. The number of carbonyl (C=O) groups excluding carboxylic acids is 5. The summed E-state index contributed by atoms with van der Waals surface area (Å²) in [5.74, 6) is 0.312. The topological polar surface area (TPSA) is 427 Å². The number of rotatable bonds is 26. The Balaban J connectivity index is 0.000000207. The maximum Gasteiger partial charge on any atom is 0.416 e. The number of sulfonamides is 3. The Morgan fingerprint density at radius 1 is 0.510 bits per heavy atom.